The Balaban J connectivity index is 1.21. The van der Waals surface area contributed by atoms with E-state index in [0.717, 1.165) is 37.5 Å². The molecule has 6 heteroatoms. The van der Waals surface area contributed by atoms with Crippen molar-refractivity contribution in [1.29, 1.82) is 0 Å². The molecule has 4 rings (SSSR count). The van der Waals surface area contributed by atoms with Gasteiger partial charge in [0.15, 0.2) is 5.13 Å². The highest BCUT2D eigenvalue weighted by molar-refractivity contribution is 7.13. The zero-order valence-corrected chi connectivity index (χ0v) is 14.3. The summed E-state index contributed by atoms with van der Waals surface area (Å²) in [5.74, 6) is 0.476. The molecule has 2 atom stereocenters. The molecular weight excluding hydrogens is 320 g/mol. The number of aromatic nitrogens is 1. The number of nitrogens with one attached hydrogen (secondary N) is 2. The molecule has 2 fully saturated rings. The third-order valence-electron chi connectivity index (χ3n) is 4.85. The van der Waals surface area contributed by atoms with Crippen LogP contribution in [0.3, 0.4) is 0 Å². The molecular formula is C18H22N4OS. The van der Waals surface area contributed by atoms with Crippen molar-refractivity contribution >= 4 is 22.5 Å². The Kier molecular flexibility index (Phi) is 4.38. The van der Waals surface area contributed by atoms with E-state index in [4.69, 9.17) is 0 Å². The summed E-state index contributed by atoms with van der Waals surface area (Å²) in [6, 6.07) is 10.9. The van der Waals surface area contributed by atoms with Crippen molar-refractivity contribution in [3.63, 3.8) is 0 Å². The van der Waals surface area contributed by atoms with Gasteiger partial charge in [-0.1, -0.05) is 30.3 Å². The van der Waals surface area contributed by atoms with Gasteiger partial charge < -0.3 is 15.5 Å². The van der Waals surface area contributed by atoms with Gasteiger partial charge in [0.1, 0.15) is 0 Å². The van der Waals surface area contributed by atoms with Gasteiger partial charge in [-0.05, 0) is 24.8 Å². The highest BCUT2D eigenvalue weighted by atomic mass is 32.1. The van der Waals surface area contributed by atoms with Gasteiger partial charge in [-0.25, -0.2) is 9.78 Å². The Morgan fingerprint density at radius 2 is 1.96 bits per heavy atom. The maximum Gasteiger partial charge on any atom is 0.315 e. The first-order chi connectivity index (χ1) is 11.8. The van der Waals surface area contributed by atoms with E-state index in [0.29, 0.717) is 5.92 Å². The summed E-state index contributed by atoms with van der Waals surface area (Å²) in [6.07, 6.45) is 4.83. The number of amides is 2. The lowest BCUT2D eigenvalue weighted by molar-refractivity contribution is 0.234. The van der Waals surface area contributed by atoms with Crippen molar-refractivity contribution < 1.29 is 4.79 Å². The number of thiazole rings is 1. The Hall–Kier alpha value is -2.08. The summed E-state index contributed by atoms with van der Waals surface area (Å²) in [5.41, 5.74) is 1.32. The number of benzene rings is 1. The molecule has 0 spiro atoms. The molecule has 0 radical (unpaired) electrons. The molecule has 1 aromatic carbocycles. The molecule has 126 valence electrons. The van der Waals surface area contributed by atoms with E-state index in [2.05, 4.69) is 44.8 Å². The number of anilines is 1. The molecule has 0 bridgehead atoms. The minimum Gasteiger partial charge on any atom is -0.348 e. The van der Waals surface area contributed by atoms with Crippen LogP contribution in [-0.2, 0) is 0 Å². The molecule has 1 saturated heterocycles. The van der Waals surface area contributed by atoms with Gasteiger partial charge in [-0.15, -0.1) is 11.3 Å². The van der Waals surface area contributed by atoms with Gasteiger partial charge >= 0.3 is 6.03 Å². The lowest BCUT2D eigenvalue weighted by atomic mass is 10.1. The Bertz CT molecular complexity index is 668. The molecule has 24 heavy (non-hydrogen) atoms. The monoisotopic (exact) mass is 342 g/mol. The summed E-state index contributed by atoms with van der Waals surface area (Å²) in [5, 5.41) is 9.34. The summed E-state index contributed by atoms with van der Waals surface area (Å²) in [7, 11) is 0. The zero-order valence-electron chi connectivity index (χ0n) is 13.5. The molecule has 2 N–H and O–H groups in total. The van der Waals surface area contributed by atoms with Gasteiger partial charge in [0.25, 0.3) is 0 Å². The standard InChI is InChI=1S/C18H22N4OS/c23-17(21-16-12-15(16)13-4-2-1-3-5-13)20-14-6-9-22(10-7-14)18-19-8-11-24-18/h1-5,8,11,14-16H,6-7,9-10,12H2,(H2,20,21,23)/t15-,16+/m0/s1. The Morgan fingerprint density at radius 1 is 1.17 bits per heavy atom. The molecule has 2 amide bonds. The SMILES string of the molecule is O=C(NC1CCN(c2nccs2)CC1)N[C@@H]1C[C@H]1c1ccccc1. The first kappa shape index (κ1) is 15.4. The fourth-order valence-corrected chi connectivity index (χ4v) is 4.10. The molecule has 1 aliphatic carbocycles. The lowest BCUT2D eigenvalue weighted by Crippen LogP contribution is -2.48. The van der Waals surface area contributed by atoms with E-state index in [-0.39, 0.29) is 18.1 Å². The first-order valence-electron chi connectivity index (χ1n) is 8.56. The topological polar surface area (TPSA) is 57.3 Å². The number of carbonyl (C=O) groups is 1. The third-order valence-corrected chi connectivity index (χ3v) is 5.69. The van der Waals surface area contributed by atoms with E-state index in [1.54, 1.807) is 11.3 Å². The molecule has 2 aromatic rings. The van der Waals surface area contributed by atoms with Gasteiger partial charge in [0.05, 0.1) is 0 Å². The van der Waals surface area contributed by atoms with Gasteiger partial charge in [-0.3, -0.25) is 0 Å². The van der Waals surface area contributed by atoms with Crippen molar-refractivity contribution in [1.82, 2.24) is 15.6 Å². The average Bonchev–Trinajstić information content (AvgIpc) is 3.15. The van der Waals surface area contributed by atoms with Gasteiger partial charge in [0, 0.05) is 42.7 Å². The largest absolute Gasteiger partial charge is 0.348 e. The summed E-state index contributed by atoms with van der Waals surface area (Å²) in [6.45, 7) is 1.91. The molecule has 1 aromatic heterocycles. The maximum atomic E-state index is 12.2. The minimum atomic E-state index is -0.0221. The van der Waals surface area contributed by atoms with Crippen molar-refractivity contribution in [3.8, 4) is 0 Å². The Labute approximate surface area is 146 Å². The van der Waals surface area contributed by atoms with E-state index >= 15 is 0 Å². The normalized spacial score (nSPS) is 23.8. The number of nitrogens with zero attached hydrogens (tertiary/aromatic N) is 2. The molecule has 2 aliphatic rings. The highest BCUT2D eigenvalue weighted by Gasteiger charge is 2.39. The van der Waals surface area contributed by atoms with E-state index < -0.39 is 0 Å². The van der Waals surface area contributed by atoms with Crippen LogP contribution in [0.1, 0.15) is 30.7 Å². The van der Waals surface area contributed by atoms with Crippen LogP contribution in [0.15, 0.2) is 41.9 Å². The maximum absolute atomic E-state index is 12.2. The number of hydrogen-bond acceptors (Lipinski definition) is 4. The fourth-order valence-electron chi connectivity index (χ4n) is 3.41. The van der Waals surface area contributed by atoms with Gasteiger partial charge in [0.2, 0.25) is 0 Å². The molecule has 2 heterocycles. The average molecular weight is 342 g/mol. The van der Waals surface area contributed by atoms with Crippen LogP contribution in [0.4, 0.5) is 9.93 Å². The summed E-state index contributed by atoms with van der Waals surface area (Å²) in [4.78, 5) is 18.9. The predicted octanol–water partition coefficient (Wildman–Crippen LogP) is 2.97. The molecule has 0 unspecified atom stereocenters. The third kappa shape index (κ3) is 3.53. The van der Waals surface area contributed by atoms with E-state index in [1.807, 2.05) is 17.6 Å². The zero-order chi connectivity index (χ0) is 16.4. The van der Waals surface area contributed by atoms with Crippen LogP contribution in [0.5, 0.6) is 0 Å². The highest BCUT2D eigenvalue weighted by Crippen LogP contribution is 2.40. The summed E-state index contributed by atoms with van der Waals surface area (Å²) < 4.78 is 0. The van der Waals surface area contributed by atoms with Crippen LogP contribution in [0.2, 0.25) is 0 Å². The second-order valence-corrected chi connectivity index (χ2v) is 7.43. The van der Waals surface area contributed by atoms with E-state index in [9.17, 15) is 4.79 Å². The predicted molar refractivity (Wildman–Crippen MR) is 96.6 cm³/mol. The van der Waals surface area contributed by atoms with Crippen molar-refractivity contribution in [2.75, 3.05) is 18.0 Å². The number of piperidine rings is 1. The van der Waals surface area contributed by atoms with Crippen LogP contribution < -0.4 is 15.5 Å². The summed E-state index contributed by atoms with van der Waals surface area (Å²) >= 11 is 1.67. The second-order valence-electron chi connectivity index (χ2n) is 6.55. The van der Waals surface area contributed by atoms with Gasteiger partial charge in [-0.2, -0.15) is 0 Å². The van der Waals surface area contributed by atoms with Crippen LogP contribution in [0.25, 0.3) is 0 Å². The number of carbonyl (C=O) groups excluding carboxylic acids is 1. The van der Waals surface area contributed by atoms with Crippen molar-refractivity contribution in [3.05, 3.63) is 47.5 Å². The number of urea groups is 1. The number of rotatable bonds is 4. The van der Waals surface area contributed by atoms with Crippen LogP contribution in [-0.4, -0.2) is 36.2 Å². The van der Waals surface area contributed by atoms with Crippen LogP contribution in [0, 0.1) is 0 Å². The van der Waals surface area contributed by atoms with E-state index in [1.165, 1.54) is 5.56 Å². The fraction of sp³-hybridized carbons (Fsp3) is 0.444. The minimum absolute atomic E-state index is 0.0221. The molecule has 1 saturated carbocycles. The number of hydrogen-bond donors (Lipinski definition) is 2. The van der Waals surface area contributed by atoms with Crippen molar-refractivity contribution in [2.24, 2.45) is 0 Å². The van der Waals surface area contributed by atoms with Crippen molar-refractivity contribution in [2.45, 2.75) is 37.3 Å². The molecule has 1 aliphatic heterocycles. The Morgan fingerprint density at radius 3 is 2.67 bits per heavy atom. The van der Waals surface area contributed by atoms with Crippen LogP contribution >= 0.6 is 11.3 Å². The quantitative estimate of drug-likeness (QED) is 0.898. The second kappa shape index (κ2) is 6.81. The lowest BCUT2D eigenvalue weighted by Gasteiger charge is -2.32. The smallest absolute Gasteiger partial charge is 0.315 e. The first-order valence-corrected chi connectivity index (χ1v) is 9.44. The molecule has 5 nitrogen and oxygen atoms in total.